The Kier molecular flexibility index (Phi) is 4.73. The summed E-state index contributed by atoms with van der Waals surface area (Å²) >= 11 is 6.18. The predicted octanol–water partition coefficient (Wildman–Crippen LogP) is 3.20. The van der Waals surface area contributed by atoms with Crippen molar-refractivity contribution in [1.29, 1.82) is 0 Å². The normalized spacial score (nSPS) is 15.7. The fourth-order valence-electron chi connectivity index (χ4n) is 3.16. The molecule has 1 aromatic heterocycles. The zero-order chi connectivity index (χ0) is 18.8. The van der Waals surface area contributed by atoms with Crippen molar-refractivity contribution in [1.82, 2.24) is 9.88 Å². The summed E-state index contributed by atoms with van der Waals surface area (Å²) in [7, 11) is 0. The summed E-state index contributed by atoms with van der Waals surface area (Å²) in [6.07, 6.45) is 1.08. The third kappa shape index (κ3) is 3.61. The van der Waals surface area contributed by atoms with Crippen LogP contribution >= 0.6 is 11.6 Å². The summed E-state index contributed by atoms with van der Waals surface area (Å²) in [4.78, 5) is 24.3. The number of fused-ring (bicyclic) bond motifs is 2. The van der Waals surface area contributed by atoms with Crippen LogP contribution in [-0.2, 0) is 16.1 Å². The summed E-state index contributed by atoms with van der Waals surface area (Å²) in [6, 6.07) is 14.9. The van der Waals surface area contributed by atoms with E-state index in [1.165, 1.54) is 0 Å². The molecule has 0 fully saturated rings. The molecule has 6 nitrogen and oxygen atoms in total. The van der Waals surface area contributed by atoms with Crippen molar-refractivity contribution in [2.75, 3.05) is 11.9 Å². The maximum absolute atomic E-state index is 12.2. The standard InChI is InChI=1S/C20H18ClN3O3/c21-14-4-3-6-16-13(14)8-10-24(16)11-9-22-19(25)12-18-20(26)23-15-5-1-2-7-17(15)27-18/h1-8,10,18H,9,11-12H2,(H,22,25)(H,23,26). The fourth-order valence-corrected chi connectivity index (χ4v) is 3.40. The van der Waals surface area contributed by atoms with Crippen LogP contribution in [0.2, 0.25) is 5.02 Å². The minimum atomic E-state index is -0.828. The van der Waals surface area contributed by atoms with Gasteiger partial charge in [0, 0.05) is 35.2 Å². The first-order valence-corrected chi connectivity index (χ1v) is 9.06. The number of ether oxygens (including phenoxy) is 1. The Balaban J connectivity index is 1.32. The molecule has 0 spiro atoms. The van der Waals surface area contributed by atoms with Crippen molar-refractivity contribution in [2.45, 2.75) is 19.1 Å². The number of carbonyl (C=O) groups excluding carboxylic acids is 2. The van der Waals surface area contributed by atoms with Crippen LogP contribution in [-0.4, -0.2) is 29.0 Å². The van der Waals surface area contributed by atoms with Gasteiger partial charge >= 0.3 is 0 Å². The Hall–Kier alpha value is -2.99. The van der Waals surface area contributed by atoms with Crippen molar-refractivity contribution in [3.05, 3.63) is 59.8 Å². The molecule has 1 aliphatic rings. The number of carbonyl (C=O) groups is 2. The lowest BCUT2D eigenvalue weighted by atomic mass is 10.1. The molecule has 0 saturated carbocycles. The van der Waals surface area contributed by atoms with E-state index in [-0.39, 0.29) is 18.2 Å². The monoisotopic (exact) mass is 383 g/mol. The first-order valence-electron chi connectivity index (χ1n) is 8.68. The van der Waals surface area contributed by atoms with Crippen LogP contribution in [0.1, 0.15) is 6.42 Å². The topological polar surface area (TPSA) is 72.4 Å². The average Bonchev–Trinajstić information content (AvgIpc) is 3.07. The fraction of sp³-hybridized carbons (Fsp3) is 0.200. The molecule has 1 unspecified atom stereocenters. The van der Waals surface area contributed by atoms with Crippen LogP contribution in [0.15, 0.2) is 54.7 Å². The van der Waals surface area contributed by atoms with E-state index in [0.29, 0.717) is 29.5 Å². The van der Waals surface area contributed by atoms with Crippen LogP contribution in [0.4, 0.5) is 5.69 Å². The van der Waals surface area contributed by atoms with Gasteiger partial charge in [-0.05, 0) is 30.3 Å². The zero-order valence-electron chi connectivity index (χ0n) is 14.4. The molecule has 1 aliphatic heterocycles. The SMILES string of the molecule is O=C(CC1Oc2ccccc2NC1=O)NCCn1ccc2c(Cl)cccc21. The average molecular weight is 384 g/mol. The number of aromatic nitrogens is 1. The summed E-state index contributed by atoms with van der Waals surface area (Å²) in [5, 5.41) is 7.29. The molecule has 4 rings (SSSR count). The molecular weight excluding hydrogens is 366 g/mol. The maximum atomic E-state index is 12.2. The number of rotatable bonds is 5. The summed E-state index contributed by atoms with van der Waals surface area (Å²) < 4.78 is 7.67. The van der Waals surface area contributed by atoms with E-state index in [1.807, 2.05) is 47.2 Å². The molecule has 0 bridgehead atoms. The van der Waals surface area contributed by atoms with E-state index >= 15 is 0 Å². The van der Waals surface area contributed by atoms with Gasteiger partial charge in [-0.3, -0.25) is 9.59 Å². The number of hydrogen-bond acceptors (Lipinski definition) is 3. The number of amides is 2. The minimum absolute atomic E-state index is 0.0293. The quantitative estimate of drug-likeness (QED) is 0.710. The highest BCUT2D eigenvalue weighted by Gasteiger charge is 2.29. The van der Waals surface area contributed by atoms with Gasteiger partial charge in [-0.15, -0.1) is 0 Å². The lowest BCUT2D eigenvalue weighted by Gasteiger charge is -2.25. The molecular formula is C20H18ClN3O3. The molecule has 1 atom stereocenters. The van der Waals surface area contributed by atoms with Gasteiger partial charge in [-0.25, -0.2) is 0 Å². The van der Waals surface area contributed by atoms with Crippen molar-refractivity contribution in [3.8, 4) is 5.75 Å². The summed E-state index contributed by atoms with van der Waals surface area (Å²) in [6.45, 7) is 1.05. The van der Waals surface area contributed by atoms with Gasteiger partial charge in [0.15, 0.2) is 6.10 Å². The lowest BCUT2D eigenvalue weighted by Crippen LogP contribution is -2.41. The van der Waals surface area contributed by atoms with Gasteiger partial charge in [0.05, 0.1) is 12.1 Å². The van der Waals surface area contributed by atoms with Gasteiger partial charge in [0.25, 0.3) is 5.91 Å². The molecule has 0 radical (unpaired) electrons. The minimum Gasteiger partial charge on any atom is -0.478 e. The second kappa shape index (κ2) is 7.32. The van der Waals surface area contributed by atoms with Crippen LogP contribution in [0.5, 0.6) is 5.75 Å². The summed E-state index contributed by atoms with van der Waals surface area (Å²) in [5.74, 6) is 0.0320. The van der Waals surface area contributed by atoms with Crippen molar-refractivity contribution < 1.29 is 14.3 Å². The molecule has 2 aromatic carbocycles. The first-order chi connectivity index (χ1) is 13.1. The van der Waals surface area contributed by atoms with Gasteiger partial charge < -0.3 is 19.9 Å². The highest BCUT2D eigenvalue weighted by atomic mass is 35.5. The predicted molar refractivity (Wildman–Crippen MR) is 104 cm³/mol. The lowest BCUT2D eigenvalue weighted by molar-refractivity contribution is -0.130. The number of nitrogens with zero attached hydrogens (tertiary/aromatic N) is 1. The maximum Gasteiger partial charge on any atom is 0.266 e. The van der Waals surface area contributed by atoms with Crippen LogP contribution in [0, 0.1) is 0 Å². The molecule has 27 heavy (non-hydrogen) atoms. The largest absolute Gasteiger partial charge is 0.478 e. The van der Waals surface area contributed by atoms with Crippen LogP contribution in [0.25, 0.3) is 10.9 Å². The highest BCUT2D eigenvalue weighted by molar-refractivity contribution is 6.35. The van der Waals surface area contributed by atoms with Gasteiger partial charge in [0.2, 0.25) is 5.91 Å². The Bertz CT molecular complexity index is 1010. The zero-order valence-corrected chi connectivity index (χ0v) is 15.2. The number of halogens is 1. The molecule has 3 aromatic rings. The van der Waals surface area contributed by atoms with E-state index < -0.39 is 6.10 Å². The second-order valence-corrected chi connectivity index (χ2v) is 6.73. The molecule has 7 heteroatoms. The van der Waals surface area contributed by atoms with Gasteiger partial charge in [-0.1, -0.05) is 29.8 Å². The summed E-state index contributed by atoms with van der Waals surface area (Å²) in [5.41, 5.74) is 1.64. The Morgan fingerprint density at radius 3 is 2.93 bits per heavy atom. The molecule has 0 aliphatic carbocycles. The van der Waals surface area contributed by atoms with Gasteiger partial charge in [0.1, 0.15) is 5.75 Å². The molecule has 2 heterocycles. The molecule has 0 saturated heterocycles. The Morgan fingerprint density at radius 2 is 2.04 bits per heavy atom. The van der Waals surface area contributed by atoms with Crippen molar-refractivity contribution in [2.24, 2.45) is 0 Å². The van der Waals surface area contributed by atoms with Crippen molar-refractivity contribution in [3.63, 3.8) is 0 Å². The van der Waals surface area contributed by atoms with Gasteiger partial charge in [-0.2, -0.15) is 0 Å². The van der Waals surface area contributed by atoms with E-state index in [9.17, 15) is 9.59 Å². The first kappa shape index (κ1) is 17.4. The van der Waals surface area contributed by atoms with E-state index in [4.69, 9.17) is 16.3 Å². The molecule has 138 valence electrons. The van der Waals surface area contributed by atoms with Crippen molar-refractivity contribution >= 4 is 40.0 Å². The smallest absolute Gasteiger partial charge is 0.266 e. The Morgan fingerprint density at radius 1 is 1.19 bits per heavy atom. The number of nitrogens with one attached hydrogen (secondary N) is 2. The third-order valence-electron chi connectivity index (χ3n) is 4.51. The highest BCUT2D eigenvalue weighted by Crippen LogP contribution is 2.29. The van der Waals surface area contributed by atoms with E-state index in [2.05, 4.69) is 10.6 Å². The number of para-hydroxylation sites is 2. The second-order valence-electron chi connectivity index (χ2n) is 6.33. The van der Waals surface area contributed by atoms with Crippen LogP contribution in [0.3, 0.4) is 0 Å². The number of hydrogen-bond donors (Lipinski definition) is 2. The molecule has 2 N–H and O–H groups in total. The number of anilines is 1. The van der Waals surface area contributed by atoms with Crippen LogP contribution < -0.4 is 15.4 Å². The van der Waals surface area contributed by atoms with E-state index in [1.54, 1.807) is 12.1 Å². The van der Waals surface area contributed by atoms with E-state index in [0.717, 1.165) is 10.9 Å². The molecule has 2 amide bonds. The third-order valence-corrected chi connectivity index (χ3v) is 4.84. The number of benzene rings is 2. The Labute approximate surface area is 161 Å².